The van der Waals surface area contributed by atoms with E-state index >= 15 is 0 Å². The Morgan fingerprint density at radius 1 is 0.500 bits per heavy atom. The van der Waals surface area contributed by atoms with Gasteiger partial charge in [0.15, 0.2) is 0 Å². The Morgan fingerprint density at radius 2 is 0.762 bits per heavy atom. The van der Waals surface area contributed by atoms with E-state index in [0.29, 0.717) is 34.8 Å². The van der Waals surface area contributed by atoms with E-state index in [1.165, 1.54) is 0 Å². The van der Waals surface area contributed by atoms with Gasteiger partial charge >= 0.3 is 0 Å². The fourth-order valence-corrected chi connectivity index (χ4v) is 7.54. The van der Waals surface area contributed by atoms with Crippen molar-refractivity contribution in [3.63, 3.8) is 0 Å². The van der Waals surface area contributed by atoms with Crippen LogP contribution in [0, 0.1) is 46.3 Å². The van der Waals surface area contributed by atoms with E-state index < -0.39 is 0 Å². The third-order valence-electron chi connectivity index (χ3n) is 10.8. The molecule has 0 spiro atoms. The van der Waals surface area contributed by atoms with E-state index in [0.717, 1.165) is 77.0 Å². The first-order valence-electron chi connectivity index (χ1n) is 16.8. The van der Waals surface area contributed by atoms with Crippen molar-refractivity contribution >= 4 is 34.8 Å². The monoisotopic (exact) mass is 579 g/mol. The molecule has 0 atom stereocenters. The predicted octanol–water partition coefficient (Wildman–Crippen LogP) is 9.03. The van der Waals surface area contributed by atoms with Gasteiger partial charge in [-0.25, -0.2) is 0 Å². The van der Waals surface area contributed by atoms with Gasteiger partial charge in [-0.05, 0) is 124 Å². The molecule has 3 saturated carbocycles. The average molecular weight is 580 g/mol. The summed E-state index contributed by atoms with van der Waals surface area (Å²) in [4.78, 5) is 39.9. The van der Waals surface area contributed by atoms with E-state index in [1.54, 1.807) is 0 Å². The number of anilines is 3. The molecule has 3 N–H and O–H groups in total. The van der Waals surface area contributed by atoms with Crippen LogP contribution in [0.15, 0.2) is 18.2 Å². The van der Waals surface area contributed by atoms with Crippen molar-refractivity contribution in [2.75, 3.05) is 16.0 Å². The van der Waals surface area contributed by atoms with Gasteiger partial charge in [-0.2, -0.15) is 0 Å². The smallest absolute Gasteiger partial charge is 0.227 e. The number of hydrogen-bond acceptors (Lipinski definition) is 3. The Hall–Kier alpha value is -2.37. The predicted molar refractivity (Wildman–Crippen MR) is 173 cm³/mol. The average Bonchev–Trinajstić information content (AvgIpc) is 2.92. The van der Waals surface area contributed by atoms with Gasteiger partial charge in [-0.1, -0.05) is 48.5 Å². The topological polar surface area (TPSA) is 87.3 Å². The lowest BCUT2D eigenvalue weighted by Gasteiger charge is -2.36. The van der Waals surface area contributed by atoms with Gasteiger partial charge in [0.1, 0.15) is 0 Å². The summed E-state index contributed by atoms with van der Waals surface area (Å²) in [5.41, 5.74) is 2.41. The SMILES string of the molecule is CC1CCC(C(=O)Nc2cc(NC(=O)C3CCC(C(C)(C)C)CC3)cc(NC(=O)C3CCC(C(C)(C)C)CC3)c2)CC1. The molecule has 1 aromatic carbocycles. The molecule has 4 rings (SSSR count). The summed E-state index contributed by atoms with van der Waals surface area (Å²) < 4.78 is 0. The Kier molecular flexibility index (Phi) is 10.5. The van der Waals surface area contributed by atoms with Gasteiger partial charge in [0.25, 0.3) is 0 Å². The lowest BCUT2D eigenvalue weighted by molar-refractivity contribution is -0.122. The second-order valence-corrected chi connectivity index (χ2v) is 16.1. The van der Waals surface area contributed by atoms with E-state index in [2.05, 4.69) is 64.4 Å². The fourth-order valence-electron chi connectivity index (χ4n) is 7.54. The second-order valence-electron chi connectivity index (χ2n) is 16.1. The van der Waals surface area contributed by atoms with Crippen LogP contribution in [0.1, 0.15) is 126 Å². The maximum absolute atomic E-state index is 13.3. The molecule has 0 bridgehead atoms. The van der Waals surface area contributed by atoms with Gasteiger partial charge in [-0.15, -0.1) is 0 Å². The molecule has 3 fully saturated rings. The van der Waals surface area contributed by atoms with Gasteiger partial charge in [0, 0.05) is 34.8 Å². The molecule has 3 amide bonds. The summed E-state index contributed by atoms with van der Waals surface area (Å²) >= 11 is 0. The standard InChI is InChI=1S/C36H57N3O3/c1-23-8-10-24(11-9-23)32(40)37-29-20-30(38-33(41)25-12-16-27(17-13-25)35(2,3)4)22-31(21-29)39-34(42)26-14-18-28(19-15-26)36(5,6)7/h20-28H,8-19H2,1-7H3,(H,37,40)(H,38,41)(H,39,42). The second kappa shape index (κ2) is 13.5. The van der Waals surface area contributed by atoms with Crippen molar-refractivity contribution in [1.29, 1.82) is 0 Å². The summed E-state index contributed by atoms with van der Waals surface area (Å²) in [5.74, 6) is 2.04. The molecule has 0 radical (unpaired) electrons. The zero-order chi connectivity index (χ0) is 30.7. The van der Waals surface area contributed by atoms with Crippen molar-refractivity contribution in [3.8, 4) is 0 Å². The van der Waals surface area contributed by atoms with Gasteiger partial charge in [0.2, 0.25) is 17.7 Å². The Labute approximate surface area is 254 Å². The highest BCUT2D eigenvalue weighted by Gasteiger charge is 2.34. The van der Waals surface area contributed by atoms with Crippen molar-refractivity contribution < 1.29 is 14.4 Å². The highest BCUT2D eigenvalue weighted by atomic mass is 16.2. The minimum absolute atomic E-state index is 0.00786. The number of rotatable bonds is 6. The number of amides is 3. The molecule has 0 saturated heterocycles. The van der Waals surface area contributed by atoms with E-state index in [1.807, 2.05) is 18.2 Å². The molecular formula is C36H57N3O3. The highest BCUT2D eigenvalue weighted by Crippen LogP contribution is 2.41. The van der Waals surface area contributed by atoms with E-state index in [4.69, 9.17) is 0 Å². The Morgan fingerprint density at radius 3 is 1.02 bits per heavy atom. The van der Waals surface area contributed by atoms with Crippen LogP contribution in [0.25, 0.3) is 0 Å². The minimum atomic E-state index is -0.0119. The molecule has 234 valence electrons. The first kappa shape index (κ1) is 32.5. The zero-order valence-electron chi connectivity index (χ0n) is 27.4. The van der Waals surface area contributed by atoms with Crippen molar-refractivity contribution in [3.05, 3.63) is 18.2 Å². The Bertz CT molecular complexity index is 1020. The lowest BCUT2D eigenvalue weighted by Crippen LogP contribution is -2.32. The summed E-state index contributed by atoms with van der Waals surface area (Å²) in [6.45, 7) is 16.0. The van der Waals surface area contributed by atoms with Gasteiger partial charge < -0.3 is 16.0 Å². The molecule has 42 heavy (non-hydrogen) atoms. The lowest BCUT2D eigenvalue weighted by atomic mass is 9.69. The van der Waals surface area contributed by atoms with Crippen molar-refractivity contribution in [2.24, 2.45) is 46.3 Å². The van der Waals surface area contributed by atoms with Crippen LogP contribution in [-0.2, 0) is 14.4 Å². The largest absolute Gasteiger partial charge is 0.326 e. The quantitative estimate of drug-likeness (QED) is 0.314. The molecule has 6 nitrogen and oxygen atoms in total. The number of benzene rings is 1. The molecule has 0 aliphatic heterocycles. The summed E-state index contributed by atoms with van der Waals surface area (Å²) in [7, 11) is 0. The third kappa shape index (κ3) is 8.83. The highest BCUT2D eigenvalue weighted by molar-refractivity contribution is 5.99. The molecule has 0 aromatic heterocycles. The number of carbonyl (C=O) groups excluding carboxylic acids is 3. The number of carbonyl (C=O) groups is 3. The number of hydrogen-bond donors (Lipinski definition) is 3. The van der Waals surface area contributed by atoms with Crippen LogP contribution in [0.4, 0.5) is 17.1 Å². The molecule has 1 aromatic rings. The maximum Gasteiger partial charge on any atom is 0.227 e. The summed E-state index contributed by atoms with van der Waals surface area (Å²) in [6, 6.07) is 5.52. The zero-order valence-corrected chi connectivity index (χ0v) is 27.4. The van der Waals surface area contributed by atoms with Crippen LogP contribution in [0.3, 0.4) is 0 Å². The Balaban J connectivity index is 1.45. The molecular weight excluding hydrogens is 522 g/mol. The maximum atomic E-state index is 13.3. The molecule has 3 aliphatic rings. The first-order valence-corrected chi connectivity index (χ1v) is 16.8. The van der Waals surface area contributed by atoms with Crippen LogP contribution in [0.5, 0.6) is 0 Å². The molecule has 0 unspecified atom stereocenters. The normalized spacial score (nSPS) is 28.9. The molecule has 0 heterocycles. The van der Waals surface area contributed by atoms with Crippen molar-refractivity contribution in [2.45, 2.75) is 126 Å². The van der Waals surface area contributed by atoms with Crippen LogP contribution >= 0.6 is 0 Å². The fraction of sp³-hybridized carbons (Fsp3) is 0.750. The van der Waals surface area contributed by atoms with E-state index in [-0.39, 0.29) is 46.3 Å². The van der Waals surface area contributed by atoms with Gasteiger partial charge in [-0.3, -0.25) is 14.4 Å². The van der Waals surface area contributed by atoms with Crippen LogP contribution in [-0.4, -0.2) is 17.7 Å². The number of nitrogens with one attached hydrogen (secondary N) is 3. The van der Waals surface area contributed by atoms with Crippen molar-refractivity contribution in [1.82, 2.24) is 0 Å². The third-order valence-corrected chi connectivity index (χ3v) is 10.8. The summed E-state index contributed by atoms with van der Waals surface area (Å²) in [6.07, 6.45) is 11.8. The summed E-state index contributed by atoms with van der Waals surface area (Å²) in [5, 5.41) is 9.39. The van der Waals surface area contributed by atoms with Crippen LogP contribution in [0.2, 0.25) is 0 Å². The minimum Gasteiger partial charge on any atom is -0.326 e. The van der Waals surface area contributed by atoms with Crippen LogP contribution < -0.4 is 16.0 Å². The van der Waals surface area contributed by atoms with E-state index in [9.17, 15) is 14.4 Å². The first-order chi connectivity index (χ1) is 19.7. The van der Waals surface area contributed by atoms with Gasteiger partial charge in [0.05, 0.1) is 0 Å². The molecule has 3 aliphatic carbocycles. The molecule has 6 heteroatoms.